The Hall–Kier alpha value is -3.28. The van der Waals surface area contributed by atoms with Gasteiger partial charge in [-0.25, -0.2) is 4.79 Å². The van der Waals surface area contributed by atoms with Crippen LogP contribution in [-0.4, -0.2) is 27.8 Å². The number of carbonyl (C=O) groups excluding carboxylic acids is 3. The van der Waals surface area contributed by atoms with Crippen molar-refractivity contribution in [3.63, 3.8) is 0 Å². The van der Waals surface area contributed by atoms with Crippen LogP contribution in [0.5, 0.6) is 0 Å². The molecule has 190 valence electrons. The fraction of sp³-hybridized carbons (Fsp3) is 0.467. The molecule has 1 saturated carbocycles. The van der Waals surface area contributed by atoms with E-state index in [0.29, 0.717) is 12.0 Å². The molecule has 2 aromatic carbocycles. The summed E-state index contributed by atoms with van der Waals surface area (Å²) in [6, 6.07) is 11.7. The fourth-order valence-corrected chi connectivity index (χ4v) is 5.37. The molecule has 0 atom stereocenters. The number of ketones is 2. The van der Waals surface area contributed by atoms with Crippen LogP contribution in [0.1, 0.15) is 99.3 Å². The number of nitrogens with zero attached hydrogens (tertiary/aromatic N) is 2. The van der Waals surface area contributed by atoms with Crippen LogP contribution < -0.4 is 0 Å². The van der Waals surface area contributed by atoms with E-state index in [1.807, 2.05) is 36.4 Å². The first-order chi connectivity index (χ1) is 17.4. The van der Waals surface area contributed by atoms with Crippen molar-refractivity contribution in [3.8, 4) is 0 Å². The van der Waals surface area contributed by atoms with Crippen molar-refractivity contribution in [2.24, 2.45) is 11.1 Å². The highest BCUT2D eigenvalue weighted by Gasteiger charge is 2.24. The molecule has 1 aliphatic carbocycles. The zero-order valence-corrected chi connectivity index (χ0v) is 21.6. The number of rotatable bonds is 10. The van der Waals surface area contributed by atoms with Crippen LogP contribution >= 0.6 is 0 Å². The van der Waals surface area contributed by atoms with Crippen LogP contribution in [0.25, 0.3) is 21.8 Å². The van der Waals surface area contributed by atoms with Gasteiger partial charge in [0, 0.05) is 52.3 Å². The molecule has 0 amide bonds. The SMILES string of the molecule is CCCCC/C(=N\OC(C)=O)C(=O)c1ccc2c(c1)c1cc(C(=O)C3CCCCC3)ccc1n2CC. The molecule has 6 nitrogen and oxygen atoms in total. The Morgan fingerprint density at radius 1 is 0.917 bits per heavy atom. The molecule has 0 aliphatic heterocycles. The van der Waals surface area contributed by atoms with Gasteiger partial charge >= 0.3 is 5.97 Å². The molecule has 3 aromatic rings. The predicted octanol–water partition coefficient (Wildman–Crippen LogP) is 7.26. The second-order valence-corrected chi connectivity index (χ2v) is 9.81. The summed E-state index contributed by atoms with van der Waals surface area (Å²) in [6.45, 7) is 6.24. The number of aryl methyl sites for hydroxylation is 1. The molecular formula is C30H36N2O4. The molecule has 0 unspecified atom stereocenters. The molecule has 6 heteroatoms. The maximum absolute atomic E-state index is 13.4. The Morgan fingerprint density at radius 3 is 2.17 bits per heavy atom. The lowest BCUT2D eigenvalue weighted by Crippen LogP contribution is -2.17. The van der Waals surface area contributed by atoms with Crippen molar-refractivity contribution in [2.75, 3.05) is 0 Å². The molecule has 1 heterocycles. The van der Waals surface area contributed by atoms with Crippen LogP contribution in [0.15, 0.2) is 41.6 Å². The zero-order valence-electron chi connectivity index (χ0n) is 21.6. The van der Waals surface area contributed by atoms with Crippen LogP contribution in [0.3, 0.4) is 0 Å². The van der Waals surface area contributed by atoms with Crippen molar-refractivity contribution < 1.29 is 19.2 Å². The highest BCUT2D eigenvalue weighted by Crippen LogP contribution is 2.33. The summed E-state index contributed by atoms with van der Waals surface area (Å²) < 4.78 is 2.21. The molecule has 0 N–H and O–H groups in total. The lowest BCUT2D eigenvalue weighted by Gasteiger charge is -2.20. The van der Waals surface area contributed by atoms with Crippen molar-refractivity contribution in [3.05, 3.63) is 47.5 Å². The van der Waals surface area contributed by atoms with Gasteiger partial charge in [0.2, 0.25) is 5.78 Å². The highest BCUT2D eigenvalue weighted by molar-refractivity contribution is 6.46. The predicted molar refractivity (Wildman–Crippen MR) is 144 cm³/mol. The first kappa shape index (κ1) is 25.8. The summed E-state index contributed by atoms with van der Waals surface area (Å²) in [5.41, 5.74) is 3.58. The maximum Gasteiger partial charge on any atom is 0.331 e. The third-order valence-corrected chi connectivity index (χ3v) is 7.27. The summed E-state index contributed by atoms with van der Waals surface area (Å²) in [4.78, 5) is 42.8. The lowest BCUT2D eigenvalue weighted by atomic mass is 9.83. The number of Topliss-reactive ketones (excluding diaryl/α,β-unsaturated/α-hetero) is 2. The first-order valence-corrected chi connectivity index (χ1v) is 13.3. The summed E-state index contributed by atoms with van der Waals surface area (Å²) in [5.74, 6) is -0.447. The number of aromatic nitrogens is 1. The number of hydrogen-bond acceptors (Lipinski definition) is 5. The van der Waals surface area contributed by atoms with E-state index in [2.05, 4.69) is 23.6 Å². The van der Waals surface area contributed by atoms with Crippen molar-refractivity contribution in [1.82, 2.24) is 4.57 Å². The van der Waals surface area contributed by atoms with E-state index in [9.17, 15) is 14.4 Å². The highest BCUT2D eigenvalue weighted by atomic mass is 16.7. The maximum atomic E-state index is 13.4. The number of oxime groups is 1. The van der Waals surface area contributed by atoms with Gasteiger partial charge in [0.25, 0.3) is 0 Å². The van der Waals surface area contributed by atoms with E-state index in [-0.39, 0.29) is 23.2 Å². The van der Waals surface area contributed by atoms with Gasteiger partial charge in [0.15, 0.2) is 5.78 Å². The van der Waals surface area contributed by atoms with E-state index in [0.717, 1.165) is 78.9 Å². The minimum absolute atomic E-state index is 0.107. The average Bonchev–Trinajstić information content (AvgIpc) is 3.22. The first-order valence-electron chi connectivity index (χ1n) is 13.3. The van der Waals surface area contributed by atoms with Crippen LogP contribution in [-0.2, 0) is 16.2 Å². The second-order valence-electron chi connectivity index (χ2n) is 9.81. The van der Waals surface area contributed by atoms with E-state index in [1.54, 1.807) is 0 Å². The summed E-state index contributed by atoms with van der Waals surface area (Å²) in [5, 5.41) is 5.81. The van der Waals surface area contributed by atoms with Gasteiger partial charge in [0.05, 0.1) is 0 Å². The van der Waals surface area contributed by atoms with E-state index in [1.165, 1.54) is 13.3 Å². The number of fused-ring (bicyclic) bond motifs is 3. The van der Waals surface area contributed by atoms with E-state index >= 15 is 0 Å². The van der Waals surface area contributed by atoms with Gasteiger partial charge in [0.1, 0.15) is 5.71 Å². The Morgan fingerprint density at radius 2 is 1.56 bits per heavy atom. The smallest absolute Gasteiger partial charge is 0.331 e. The molecular weight excluding hydrogens is 452 g/mol. The van der Waals surface area contributed by atoms with Gasteiger partial charge in [-0.05, 0) is 69.0 Å². The van der Waals surface area contributed by atoms with E-state index in [4.69, 9.17) is 4.84 Å². The van der Waals surface area contributed by atoms with Gasteiger partial charge in [-0.1, -0.05) is 44.2 Å². The molecule has 1 aromatic heterocycles. The van der Waals surface area contributed by atoms with E-state index < -0.39 is 5.97 Å². The third-order valence-electron chi connectivity index (χ3n) is 7.27. The minimum atomic E-state index is -0.549. The molecule has 0 saturated heterocycles. The van der Waals surface area contributed by atoms with Gasteiger partial charge in [-0.2, -0.15) is 0 Å². The molecule has 1 aliphatic rings. The zero-order chi connectivity index (χ0) is 25.7. The average molecular weight is 489 g/mol. The molecule has 0 radical (unpaired) electrons. The molecule has 0 spiro atoms. The lowest BCUT2D eigenvalue weighted by molar-refractivity contribution is -0.140. The molecule has 36 heavy (non-hydrogen) atoms. The number of hydrogen-bond donors (Lipinski definition) is 0. The minimum Gasteiger partial charge on any atom is -0.341 e. The van der Waals surface area contributed by atoms with Gasteiger partial charge < -0.3 is 9.40 Å². The standard InChI is InChI=1S/C30H36N2O4/c1-4-6-8-13-26(31-36-20(3)33)30(35)23-15-17-28-25(19-23)24-18-22(14-16-27(24)32(28)5-2)29(34)21-11-9-7-10-12-21/h14-19,21H,4-13H2,1-3H3/b31-26+. The van der Waals surface area contributed by atoms with Crippen LogP contribution in [0.4, 0.5) is 0 Å². The second kappa shape index (κ2) is 11.6. The Kier molecular flexibility index (Phi) is 8.34. The Balaban J connectivity index is 1.75. The summed E-state index contributed by atoms with van der Waals surface area (Å²) in [7, 11) is 0. The quantitative estimate of drug-likeness (QED) is 0.0989. The summed E-state index contributed by atoms with van der Waals surface area (Å²) >= 11 is 0. The number of benzene rings is 2. The largest absolute Gasteiger partial charge is 0.341 e. The van der Waals surface area contributed by atoms with Crippen molar-refractivity contribution >= 4 is 45.1 Å². The topological polar surface area (TPSA) is 77.7 Å². The van der Waals surface area contributed by atoms with Crippen LogP contribution in [0, 0.1) is 5.92 Å². The van der Waals surface area contributed by atoms with Crippen molar-refractivity contribution in [1.29, 1.82) is 0 Å². The fourth-order valence-electron chi connectivity index (χ4n) is 5.37. The molecule has 1 fully saturated rings. The third kappa shape index (κ3) is 5.43. The van der Waals surface area contributed by atoms with Gasteiger partial charge in [-0.15, -0.1) is 0 Å². The monoisotopic (exact) mass is 488 g/mol. The van der Waals surface area contributed by atoms with Gasteiger partial charge in [-0.3, -0.25) is 9.59 Å². The summed E-state index contributed by atoms with van der Waals surface area (Å²) in [6.07, 6.45) is 8.62. The molecule has 0 bridgehead atoms. The molecule has 4 rings (SSSR count). The number of unbranched alkanes of at least 4 members (excludes halogenated alkanes) is 2. The van der Waals surface area contributed by atoms with Crippen LogP contribution in [0.2, 0.25) is 0 Å². The van der Waals surface area contributed by atoms with Crippen molar-refractivity contribution in [2.45, 2.75) is 85.1 Å². The normalized spacial score (nSPS) is 14.9. The Labute approximate surface area is 212 Å². The number of carbonyl (C=O) groups is 3. The Bertz CT molecular complexity index is 1310.